The van der Waals surface area contributed by atoms with Crippen LogP contribution in [0.4, 0.5) is 5.82 Å². The standard InChI is InChI=1S/C16H27N3S/c1-12-13(2)20-9-8-19(12)15-7-6-14(10-17-15)11-18-16(3,4)5/h6-7,10,12-13,18H,8-9,11H2,1-5H3. The van der Waals surface area contributed by atoms with Crippen LogP contribution in [0.1, 0.15) is 40.2 Å². The lowest BCUT2D eigenvalue weighted by Crippen LogP contribution is -2.45. The topological polar surface area (TPSA) is 28.2 Å². The Morgan fingerprint density at radius 1 is 1.35 bits per heavy atom. The molecular weight excluding hydrogens is 266 g/mol. The maximum atomic E-state index is 4.66. The van der Waals surface area contributed by atoms with Crippen LogP contribution in [-0.2, 0) is 6.54 Å². The number of nitrogens with zero attached hydrogens (tertiary/aromatic N) is 2. The molecule has 2 unspecified atom stereocenters. The summed E-state index contributed by atoms with van der Waals surface area (Å²) in [6.45, 7) is 13.1. The minimum atomic E-state index is 0.146. The predicted octanol–water partition coefficient (Wildman–Crippen LogP) is 3.30. The monoisotopic (exact) mass is 293 g/mol. The molecule has 0 aliphatic carbocycles. The van der Waals surface area contributed by atoms with E-state index in [9.17, 15) is 0 Å². The molecule has 1 aromatic rings. The van der Waals surface area contributed by atoms with E-state index >= 15 is 0 Å². The Morgan fingerprint density at radius 2 is 2.10 bits per heavy atom. The van der Waals surface area contributed by atoms with E-state index in [2.05, 4.69) is 73.7 Å². The summed E-state index contributed by atoms with van der Waals surface area (Å²) >= 11 is 2.06. The summed E-state index contributed by atoms with van der Waals surface area (Å²) < 4.78 is 0. The molecule has 3 nitrogen and oxygen atoms in total. The van der Waals surface area contributed by atoms with Gasteiger partial charge in [-0.3, -0.25) is 0 Å². The highest BCUT2D eigenvalue weighted by Crippen LogP contribution is 2.27. The molecule has 1 aromatic heterocycles. The highest BCUT2D eigenvalue weighted by Gasteiger charge is 2.25. The molecular formula is C16H27N3S. The van der Waals surface area contributed by atoms with Crippen molar-refractivity contribution in [3.63, 3.8) is 0 Å². The van der Waals surface area contributed by atoms with Crippen molar-refractivity contribution >= 4 is 17.6 Å². The van der Waals surface area contributed by atoms with Gasteiger partial charge in [0.25, 0.3) is 0 Å². The van der Waals surface area contributed by atoms with E-state index in [-0.39, 0.29) is 5.54 Å². The van der Waals surface area contributed by atoms with Crippen LogP contribution >= 0.6 is 11.8 Å². The van der Waals surface area contributed by atoms with Gasteiger partial charge in [0.05, 0.1) is 0 Å². The average Bonchev–Trinajstić information content (AvgIpc) is 2.40. The highest BCUT2D eigenvalue weighted by atomic mass is 32.2. The SMILES string of the molecule is CC1SCCN(c2ccc(CNC(C)(C)C)cn2)C1C. The maximum absolute atomic E-state index is 4.66. The lowest BCUT2D eigenvalue weighted by atomic mass is 10.1. The molecule has 20 heavy (non-hydrogen) atoms. The van der Waals surface area contributed by atoms with E-state index in [4.69, 9.17) is 0 Å². The van der Waals surface area contributed by atoms with Crippen LogP contribution in [0.5, 0.6) is 0 Å². The lowest BCUT2D eigenvalue weighted by Gasteiger charge is -2.38. The minimum absolute atomic E-state index is 0.146. The second-order valence-corrected chi connectivity index (χ2v) is 8.12. The molecule has 1 aliphatic heterocycles. The molecule has 112 valence electrons. The smallest absolute Gasteiger partial charge is 0.128 e. The van der Waals surface area contributed by atoms with Crippen molar-refractivity contribution in [3.8, 4) is 0 Å². The molecule has 0 radical (unpaired) electrons. The quantitative estimate of drug-likeness (QED) is 0.925. The Kier molecular flexibility index (Phi) is 4.97. The zero-order valence-corrected chi connectivity index (χ0v) is 14.1. The third-order valence-electron chi connectivity index (χ3n) is 3.81. The van der Waals surface area contributed by atoms with E-state index in [1.165, 1.54) is 11.3 Å². The molecule has 2 heterocycles. The summed E-state index contributed by atoms with van der Waals surface area (Å²) in [5.74, 6) is 2.31. The van der Waals surface area contributed by atoms with Crippen molar-refractivity contribution in [2.24, 2.45) is 0 Å². The van der Waals surface area contributed by atoms with E-state index < -0.39 is 0 Å². The molecule has 2 atom stereocenters. The van der Waals surface area contributed by atoms with Crippen molar-refractivity contribution in [1.82, 2.24) is 10.3 Å². The maximum Gasteiger partial charge on any atom is 0.128 e. The van der Waals surface area contributed by atoms with Gasteiger partial charge < -0.3 is 10.2 Å². The summed E-state index contributed by atoms with van der Waals surface area (Å²) in [5.41, 5.74) is 1.39. The second kappa shape index (κ2) is 6.35. The number of thioether (sulfide) groups is 1. The van der Waals surface area contributed by atoms with Gasteiger partial charge in [-0.1, -0.05) is 13.0 Å². The van der Waals surface area contributed by atoms with Crippen LogP contribution < -0.4 is 10.2 Å². The van der Waals surface area contributed by atoms with Gasteiger partial charge in [0.15, 0.2) is 0 Å². The van der Waals surface area contributed by atoms with Crippen LogP contribution in [0.15, 0.2) is 18.3 Å². The molecule has 0 saturated carbocycles. The van der Waals surface area contributed by atoms with Crippen molar-refractivity contribution in [1.29, 1.82) is 0 Å². The van der Waals surface area contributed by atoms with E-state index in [1.54, 1.807) is 0 Å². The normalized spacial score (nSPS) is 23.9. The van der Waals surface area contributed by atoms with Gasteiger partial charge in [0.1, 0.15) is 5.82 Å². The van der Waals surface area contributed by atoms with Gasteiger partial charge in [-0.25, -0.2) is 4.98 Å². The van der Waals surface area contributed by atoms with Gasteiger partial charge in [0, 0.05) is 41.9 Å². The average molecular weight is 293 g/mol. The first-order valence-electron chi connectivity index (χ1n) is 7.45. The summed E-state index contributed by atoms with van der Waals surface area (Å²) in [6, 6.07) is 4.92. The molecule has 1 aliphatic rings. The number of anilines is 1. The molecule has 1 N–H and O–H groups in total. The van der Waals surface area contributed by atoms with Gasteiger partial charge in [-0.15, -0.1) is 0 Å². The molecule has 1 fully saturated rings. The molecule has 0 amide bonds. The predicted molar refractivity (Wildman–Crippen MR) is 89.6 cm³/mol. The highest BCUT2D eigenvalue weighted by molar-refractivity contribution is 8.00. The third kappa shape index (κ3) is 4.13. The minimum Gasteiger partial charge on any atom is -0.352 e. The summed E-state index contributed by atoms with van der Waals surface area (Å²) in [6.07, 6.45) is 2.01. The van der Waals surface area contributed by atoms with Gasteiger partial charge in [0.2, 0.25) is 0 Å². The molecule has 1 saturated heterocycles. The molecule has 4 heteroatoms. The van der Waals surface area contributed by atoms with Crippen LogP contribution in [0.25, 0.3) is 0 Å². The van der Waals surface area contributed by atoms with Gasteiger partial charge in [-0.05, 0) is 39.3 Å². The fourth-order valence-corrected chi connectivity index (χ4v) is 3.41. The Morgan fingerprint density at radius 3 is 2.70 bits per heavy atom. The van der Waals surface area contributed by atoms with Gasteiger partial charge >= 0.3 is 0 Å². The first kappa shape index (κ1) is 15.6. The molecule has 0 spiro atoms. The Bertz CT molecular complexity index is 424. The third-order valence-corrected chi connectivity index (χ3v) is 5.15. The molecule has 0 bridgehead atoms. The zero-order valence-electron chi connectivity index (χ0n) is 13.3. The second-order valence-electron chi connectivity index (χ2n) is 6.64. The summed E-state index contributed by atoms with van der Waals surface area (Å²) in [7, 11) is 0. The lowest BCUT2D eigenvalue weighted by molar-refractivity contribution is 0.424. The van der Waals surface area contributed by atoms with Crippen LogP contribution in [0.2, 0.25) is 0 Å². The Balaban J connectivity index is 2.00. The number of hydrogen-bond donors (Lipinski definition) is 1. The van der Waals surface area contributed by atoms with Crippen molar-refractivity contribution in [3.05, 3.63) is 23.9 Å². The first-order valence-corrected chi connectivity index (χ1v) is 8.50. The van der Waals surface area contributed by atoms with Crippen molar-refractivity contribution in [2.45, 2.75) is 58.0 Å². The first-order chi connectivity index (χ1) is 9.37. The van der Waals surface area contributed by atoms with Crippen LogP contribution in [0.3, 0.4) is 0 Å². The molecule has 0 aromatic carbocycles. The summed E-state index contributed by atoms with van der Waals surface area (Å²) in [4.78, 5) is 7.10. The fraction of sp³-hybridized carbons (Fsp3) is 0.688. The summed E-state index contributed by atoms with van der Waals surface area (Å²) in [5, 5.41) is 4.17. The Hall–Kier alpha value is -0.740. The van der Waals surface area contributed by atoms with Crippen molar-refractivity contribution in [2.75, 3.05) is 17.2 Å². The van der Waals surface area contributed by atoms with Crippen LogP contribution in [-0.4, -0.2) is 34.1 Å². The van der Waals surface area contributed by atoms with Crippen molar-refractivity contribution < 1.29 is 0 Å². The fourth-order valence-electron chi connectivity index (χ4n) is 2.31. The number of nitrogens with one attached hydrogen (secondary N) is 1. The Labute approximate surface area is 127 Å². The number of hydrogen-bond acceptors (Lipinski definition) is 4. The van der Waals surface area contributed by atoms with E-state index in [1.807, 2.05) is 6.20 Å². The van der Waals surface area contributed by atoms with Crippen LogP contribution in [0, 0.1) is 0 Å². The van der Waals surface area contributed by atoms with E-state index in [0.717, 1.165) is 18.9 Å². The number of aromatic nitrogens is 1. The number of pyridine rings is 1. The largest absolute Gasteiger partial charge is 0.352 e. The van der Waals surface area contributed by atoms with E-state index in [0.29, 0.717) is 11.3 Å². The zero-order chi connectivity index (χ0) is 14.8. The number of rotatable bonds is 3. The molecule has 2 rings (SSSR count). The van der Waals surface area contributed by atoms with Gasteiger partial charge in [-0.2, -0.15) is 11.8 Å².